The highest BCUT2D eigenvalue weighted by Crippen LogP contribution is 2.12. The topological polar surface area (TPSA) is 110 Å². The van der Waals surface area contributed by atoms with E-state index in [1.165, 1.54) is 4.57 Å². The maximum absolute atomic E-state index is 11.9. The first-order valence-corrected chi connectivity index (χ1v) is 6.86. The first-order chi connectivity index (χ1) is 9.95. The maximum Gasteiger partial charge on any atom is 0.330 e. The Kier molecular flexibility index (Phi) is 4.25. The number of nitrogens with one attached hydrogen (secondary N) is 1. The Bertz CT molecular complexity index is 784. The molecule has 0 unspecified atom stereocenters. The molecule has 0 aliphatic rings. The van der Waals surface area contributed by atoms with Gasteiger partial charge in [-0.15, -0.1) is 0 Å². The van der Waals surface area contributed by atoms with Gasteiger partial charge in [0.05, 0.1) is 0 Å². The molecule has 0 atom stereocenters. The molecule has 2 aromatic heterocycles. The highest BCUT2D eigenvalue weighted by Gasteiger charge is 2.16. The minimum atomic E-state index is -0.866. The van der Waals surface area contributed by atoms with Crippen LogP contribution in [-0.2, 0) is 24.8 Å². The Morgan fingerprint density at radius 1 is 1.38 bits per heavy atom. The van der Waals surface area contributed by atoms with Gasteiger partial charge in [0.25, 0.3) is 5.56 Å². The number of H-pyrrole nitrogens is 1. The number of aromatic amines is 1. The molecule has 2 rings (SSSR count). The quantitative estimate of drug-likeness (QED) is 0.793. The van der Waals surface area contributed by atoms with Gasteiger partial charge in [0.15, 0.2) is 11.2 Å². The number of hydrogen-bond acceptors (Lipinski definition) is 4. The predicted octanol–water partition coefficient (Wildman–Crippen LogP) is 0.241. The first-order valence-electron chi connectivity index (χ1n) is 6.86. The lowest BCUT2D eigenvalue weighted by molar-refractivity contribution is -0.137. The summed E-state index contributed by atoms with van der Waals surface area (Å²) in [5.41, 5.74) is -0.238. The summed E-state index contributed by atoms with van der Waals surface area (Å²) in [6.07, 6.45) is 1.66. The van der Waals surface area contributed by atoms with E-state index in [-0.39, 0.29) is 6.42 Å². The van der Waals surface area contributed by atoms with Crippen molar-refractivity contribution in [3.05, 3.63) is 26.7 Å². The number of fused-ring (bicyclic) bond motifs is 1. The van der Waals surface area contributed by atoms with Crippen LogP contribution in [0.5, 0.6) is 0 Å². The molecule has 8 heteroatoms. The van der Waals surface area contributed by atoms with Crippen molar-refractivity contribution in [2.24, 2.45) is 7.05 Å². The molecular formula is C13H18N4O4. The molecule has 114 valence electrons. The summed E-state index contributed by atoms with van der Waals surface area (Å²) in [7, 11) is 1.70. The number of hydrogen-bond donors (Lipinski definition) is 2. The SMILES string of the molecule is CCCn1c(=O)[nH]c(=O)c2c1nc(CCCC(=O)O)n2C. The summed E-state index contributed by atoms with van der Waals surface area (Å²) >= 11 is 0. The Hall–Kier alpha value is -2.38. The van der Waals surface area contributed by atoms with E-state index in [1.807, 2.05) is 6.92 Å². The fraction of sp³-hybridized carbons (Fsp3) is 0.538. The van der Waals surface area contributed by atoms with Crippen molar-refractivity contribution in [3.8, 4) is 0 Å². The number of aliphatic carboxylic acids is 1. The largest absolute Gasteiger partial charge is 0.481 e. The van der Waals surface area contributed by atoms with Crippen molar-refractivity contribution in [1.82, 2.24) is 19.1 Å². The number of carboxylic acid groups (broad SMARTS) is 1. The summed E-state index contributed by atoms with van der Waals surface area (Å²) in [6, 6.07) is 0. The number of aromatic nitrogens is 4. The van der Waals surface area contributed by atoms with Gasteiger partial charge in [-0.25, -0.2) is 9.78 Å². The van der Waals surface area contributed by atoms with E-state index in [1.54, 1.807) is 11.6 Å². The van der Waals surface area contributed by atoms with E-state index in [2.05, 4.69) is 9.97 Å². The van der Waals surface area contributed by atoms with Crippen molar-refractivity contribution >= 4 is 17.1 Å². The molecule has 0 bridgehead atoms. The zero-order chi connectivity index (χ0) is 15.6. The average molecular weight is 294 g/mol. The molecule has 2 N–H and O–H groups in total. The zero-order valence-electron chi connectivity index (χ0n) is 12.0. The van der Waals surface area contributed by atoms with Gasteiger partial charge in [-0.2, -0.15) is 0 Å². The van der Waals surface area contributed by atoms with E-state index in [4.69, 9.17) is 5.11 Å². The monoisotopic (exact) mass is 294 g/mol. The second-order valence-electron chi connectivity index (χ2n) is 4.92. The van der Waals surface area contributed by atoms with E-state index in [9.17, 15) is 14.4 Å². The van der Waals surface area contributed by atoms with Crippen molar-refractivity contribution in [3.63, 3.8) is 0 Å². The molecular weight excluding hydrogens is 276 g/mol. The fourth-order valence-corrected chi connectivity index (χ4v) is 2.34. The number of carbonyl (C=O) groups is 1. The maximum atomic E-state index is 11.9. The molecule has 0 spiro atoms. The number of rotatable bonds is 6. The normalized spacial score (nSPS) is 11.1. The minimum absolute atomic E-state index is 0.0430. The third-order valence-corrected chi connectivity index (χ3v) is 3.34. The van der Waals surface area contributed by atoms with Crippen LogP contribution in [-0.4, -0.2) is 30.2 Å². The zero-order valence-corrected chi connectivity index (χ0v) is 12.0. The molecule has 0 aliphatic heterocycles. The Balaban J connectivity index is 2.51. The Morgan fingerprint density at radius 2 is 2.10 bits per heavy atom. The second kappa shape index (κ2) is 5.94. The minimum Gasteiger partial charge on any atom is -0.481 e. The van der Waals surface area contributed by atoms with Crippen LogP contribution < -0.4 is 11.2 Å². The van der Waals surface area contributed by atoms with Gasteiger partial charge in [-0.3, -0.25) is 19.1 Å². The fourth-order valence-electron chi connectivity index (χ4n) is 2.34. The van der Waals surface area contributed by atoms with Crippen LogP contribution in [0.3, 0.4) is 0 Å². The van der Waals surface area contributed by atoms with Crippen molar-refractivity contribution < 1.29 is 9.90 Å². The molecule has 0 amide bonds. The van der Waals surface area contributed by atoms with Crippen LogP contribution in [0.2, 0.25) is 0 Å². The van der Waals surface area contributed by atoms with Crippen molar-refractivity contribution in [2.45, 2.75) is 39.2 Å². The molecule has 21 heavy (non-hydrogen) atoms. The van der Waals surface area contributed by atoms with Gasteiger partial charge in [-0.05, 0) is 12.8 Å². The van der Waals surface area contributed by atoms with E-state index >= 15 is 0 Å². The second-order valence-corrected chi connectivity index (χ2v) is 4.92. The van der Waals surface area contributed by atoms with Gasteiger partial charge < -0.3 is 9.67 Å². The highest BCUT2D eigenvalue weighted by molar-refractivity contribution is 5.71. The standard InChI is InChI=1S/C13H18N4O4/c1-3-7-17-11-10(12(20)15-13(17)21)16(2)8(14-11)5-4-6-9(18)19/h3-7H2,1-2H3,(H,18,19)(H,15,20,21). The summed E-state index contributed by atoms with van der Waals surface area (Å²) in [5, 5.41) is 8.67. The summed E-state index contributed by atoms with van der Waals surface area (Å²) < 4.78 is 3.07. The molecule has 0 saturated carbocycles. The van der Waals surface area contributed by atoms with Gasteiger partial charge in [0, 0.05) is 26.4 Å². The van der Waals surface area contributed by atoms with Crippen LogP contribution in [0, 0.1) is 0 Å². The van der Waals surface area contributed by atoms with E-state index in [0.717, 1.165) is 6.42 Å². The van der Waals surface area contributed by atoms with E-state index < -0.39 is 17.2 Å². The van der Waals surface area contributed by atoms with Crippen LogP contribution >= 0.6 is 0 Å². The molecule has 2 heterocycles. The molecule has 0 aliphatic carbocycles. The highest BCUT2D eigenvalue weighted by atomic mass is 16.4. The van der Waals surface area contributed by atoms with Crippen LogP contribution in [0.1, 0.15) is 32.0 Å². The average Bonchev–Trinajstić information content (AvgIpc) is 2.72. The molecule has 2 aromatic rings. The molecule has 0 radical (unpaired) electrons. The molecule has 0 saturated heterocycles. The lowest BCUT2D eigenvalue weighted by Crippen LogP contribution is -2.30. The smallest absolute Gasteiger partial charge is 0.330 e. The summed E-state index contributed by atoms with van der Waals surface area (Å²) in [6.45, 7) is 2.40. The van der Waals surface area contributed by atoms with Crippen LogP contribution in [0.25, 0.3) is 11.2 Å². The Morgan fingerprint density at radius 3 is 2.71 bits per heavy atom. The third kappa shape index (κ3) is 2.88. The Labute approximate surface area is 120 Å². The summed E-state index contributed by atoms with van der Waals surface area (Å²) in [4.78, 5) is 41.0. The van der Waals surface area contributed by atoms with Crippen LogP contribution in [0.4, 0.5) is 0 Å². The van der Waals surface area contributed by atoms with Gasteiger partial charge in [-0.1, -0.05) is 6.92 Å². The van der Waals surface area contributed by atoms with Gasteiger partial charge >= 0.3 is 11.7 Å². The van der Waals surface area contributed by atoms with Crippen molar-refractivity contribution in [2.75, 3.05) is 0 Å². The van der Waals surface area contributed by atoms with Gasteiger partial charge in [0.2, 0.25) is 0 Å². The number of imidazole rings is 1. The van der Waals surface area contributed by atoms with E-state index in [0.29, 0.717) is 36.4 Å². The lowest BCUT2D eigenvalue weighted by Gasteiger charge is -2.03. The first kappa shape index (κ1) is 15.0. The molecule has 8 nitrogen and oxygen atoms in total. The van der Waals surface area contributed by atoms with Crippen LogP contribution in [0.15, 0.2) is 9.59 Å². The molecule has 0 fully saturated rings. The number of nitrogens with zero attached hydrogens (tertiary/aromatic N) is 3. The molecule has 0 aromatic carbocycles. The van der Waals surface area contributed by atoms with Gasteiger partial charge in [0.1, 0.15) is 5.82 Å². The number of carboxylic acids is 1. The van der Waals surface area contributed by atoms with Crippen molar-refractivity contribution in [1.29, 1.82) is 0 Å². The predicted molar refractivity (Wildman–Crippen MR) is 76.5 cm³/mol. The third-order valence-electron chi connectivity index (χ3n) is 3.34. The lowest BCUT2D eigenvalue weighted by atomic mass is 10.2. The summed E-state index contributed by atoms with van der Waals surface area (Å²) in [5.74, 6) is -0.262. The number of aryl methyl sites for hydroxylation is 3.